The van der Waals surface area contributed by atoms with Crippen molar-refractivity contribution >= 4 is 5.91 Å². The van der Waals surface area contributed by atoms with E-state index in [2.05, 4.69) is 0 Å². The Labute approximate surface area is 130 Å². The molecule has 2 aromatic carbocycles. The maximum Gasteiger partial charge on any atom is 0.267 e. The lowest BCUT2D eigenvalue weighted by atomic mass is 10.1. The second-order valence-corrected chi connectivity index (χ2v) is 5.54. The average molecular weight is 297 g/mol. The van der Waals surface area contributed by atoms with Crippen molar-refractivity contribution in [2.75, 3.05) is 13.7 Å². The van der Waals surface area contributed by atoms with Gasteiger partial charge in [-0.15, -0.1) is 0 Å². The fraction of sp³-hybridized carbons (Fsp3) is 0.278. The molecule has 0 aliphatic carbocycles. The number of hydrogen-bond acceptors (Lipinski definition) is 3. The lowest BCUT2D eigenvalue weighted by Crippen LogP contribution is -2.44. The van der Waals surface area contributed by atoms with Gasteiger partial charge in [-0.05, 0) is 24.6 Å². The minimum atomic E-state index is -0.592. The van der Waals surface area contributed by atoms with Crippen molar-refractivity contribution in [3.63, 3.8) is 0 Å². The monoisotopic (exact) mass is 297 g/mol. The molecule has 0 saturated carbocycles. The van der Waals surface area contributed by atoms with E-state index < -0.39 is 6.10 Å². The summed E-state index contributed by atoms with van der Waals surface area (Å²) in [6.45, 7) is 2.85. The number of nitrogens with zero attached hydrogens (tertiary/aromatic N) is 1. The van der Waals surface area contributed by atoms with Gasteiger partial charge in [0, 0.05) is 13.6 Å². The molecule has 0 fully saturated rings. The van der Waals surface area contributed by atoms with E-state index >= 15 is 0 Å². The zero-order valence-electron chi connectivity index (χ0n) is 12.8. The Morgan fingerprint density at radius 1 is 1.14 bits per heavy atom. The molecule has 1 unspecified atom stereocenters. The molecular formula is C18H19NO3. The minimum absolute atomic E-state index is 0.0740. The van der Waals surface area contributed by atoms with Gasteiger partial charge in [0.2, 0.25) is 6.10 Å². The van der Waals surface area contributed by atoms with E-state index in [0.717, 1.165) is 5.56 Å². The van der Waals surface area contributed by atoms with Crippen LogP contribution in [0.2, 0.25) is 0 Å². The van der Waals surface area contributed by atoms with Gasteiger partial charge < -0.3 is 14.4 Å². The van der Waals surface area contributed by atoms with Crippen LogP contribution in [0.15, 0.2) is 48.5 Å². The zero-order chi connectivity index (χ0) is 15.5. The third-order valence-electron chi connectivity index (χ3n) is 3.70. The van der Waals surface area contributed by atoms with Crippen LogP contribution in [0.5, 0.6) is 11.5 Å². The molecule has 0 saturated heterocycles. The normalized spacial score (nSPS) is 16.2. The number of aryl methyl sites for hydroxylation is 1. The summed E-state index contributed by atoms with van der Waals surface area (Å²) in [5, 5.41) is 0. The van der Waals surface area contributed by atoms with Gasteiger partial charge in [-0.3, -0.25) is 4.79 Å². The number of para-hydroxylation sites is 2. The fourth-order valence-corrected chi connectivity index (χ4v) is 2.43. The zero-order valence-corrected chi connectivity index (χ0v) is 12.8. The molecule has 0 bridgehead atoms. The Balaban J connectivity index is 1.65. The molecule has 114 valence electrons. The Hall–Kier alpha value is -2.49. The summed E-state index contributed by atoms with van der Waals surface area (Å²) < 4.78 is 11.4. The Kier molecular flexibility index (Phi) is 4.00. The molecule has 0 spiro atoms. The number of carbonyl (C=O) groups is 1. The van der Waals surface area contributed by atoms with Crippen molar-refractivity contribution in [2.24, 2.45) is 0 Å². The number of amides is 1. The van der Waals surface area contributed by atoms with Crippen LogP contribution in [0, 0.1) is 6.92 Å². The quantitative estimate of drug-likeness (QED) is 0.874. The molecular weight excluding hydrogens is 278 g/mol. The van der Waals surface area contributed by atoms with E-state index in [1.807, 2.05) is 55.5 Å². The number of hydrogen-bond donors (Lipinski definition) is 0. The molecule has 2 aromatic rings. The van der Waals surface area contributed by atoms with Crippen LogP contribution in [0.25, 0.3) is 0 Å². The number of carbonyl (C=O) groups excluding carboxylic acids is 1. The first-order valence-corrected chi connectivity index (χ1v) is 7.32. The van der Waals surface area contributed by atoms with E-state index in [1.165, 1.54) is 5.56 Å². The van der Waals surface area contributed by atoms with E-state index in [0.29, 0.717) is 18.0 Å². The van der Waals surface area contributed by atoms with Crippen LogP contribution < -0.4 is 9.47 Å². The van der Waals surface area contributed by atoms with Gasteiger partial charge in [0.25, 0.3) is 5.91 Å². The molecule has 0 radical (unpaired) electrons. The highest BCUT2D eigenvalue weighted by molar-refractivity contribution is 5.81. The summed E-state index contributed by atoms with van der Waals surface area (Å²) in [5.74, 6) is 1.23. The van der Waals surface area contributed by atoms with E-state index in [4.69, 9.17) is 9.47 Å². The number of rotatable bonds is 3. The predicted molar refractivity (Wildman–Crippen MR) is 84.0 cm³/mol. The molecule has 0 aromatic heterocycles. The van der Waals surface area contributed by atoms with Gasteiger partial charge in [0.1, 0.15) is 6.61 Å². The molecule has 3 rings (SSSR count). The van der Waals surface area contributed by atoms with Crippen molar-refractivity contribution in [1.82, 2.24) is 4.90 Å². The average Bonchev–Trinajstić information content (AvgIpc) is 2.55. The number of ether oxygens (including phenoxy) is 2. The summed E-state index contributed by atoms with van der Waals surface area (Å²) in [6.07, 6.45) is -0.592. The summed E-state index contributed by atoms with van der Waals surface area (Å²) in [6, 6.07) is 15.6. The maximum atomic E-state index is 12.5. The minimum Gasteiger partial charge on any atom is -0.485 e. The van der Waals surface area contributed by atoms with E-state index in [9.17, 15) is 4.79 Å². The Bertz CT molecular complexity index is 666. The topological polar surface area (TPSA) is 38.8 Å². The molecule has 4 nitrogen and oxygen atoms in total. The van der Waals surface area contributed by atoms with Crippen LogP contribution >= 0.6 is 0 Å². The molecule has 1 heterocycles. The lowest BCUT2D eigenvalue weighted by molar-refractivity contribution is -0.140. The summed E-state index contributed by atoms with van der Waals surface area (Å²) >= 11 is 0. The van der Waals surface area contributed by atoms with Gasteiger partial charge >= 0.3 is 0 Å². The highest BCUT2D eigenvalue weighted by Gasteiger charge is 2.29. The predicted octanol–water partition coefficient (Wildman–Crippen LogP) is 2.79. The van der Waals surface area contributed by atoms with E-state index in [1.54, 1.807) is 11.9 Å². The first kappa shape index (κ1) is 14.4. The molecule has 0 N–H and O–H groups in total. The second-order valence-electron chi connectivity index (χ2n) is 5.54. The van der Waals surface area contributed by atoms with Crippen LogP contribution in [0.1, 0.15) is 11.1 Å². The van der Waals surface area contributed by atoms with Crippen LogP contribution in [0.3, 0.4) is 0 Å². The highest BCUT2D eigenvalue weighted by Crippen LogP contribution is 2.31. The second kappa shape index (κ2) is 6.10. The van der Waals surface area contributed by atoms with Gasteiger partial charge in [0.05, 0.1) is 0 Å². The summed E-state index contributed by atoms with van der Waals surface area (Å²) in [7, 11) is 1.78. The van der Waals surface area contributed by atoms with Crippen molar-refractivity contribution in [2.45, 2.75) is 19.6 Å². The first-order valence-electron chi connectivity index (χ1n) is 7.32. The maximum absolute atomic E-state index is 12.5. The van der Waals surface area contributed by atoms with Gasteiger partial charge in [-0.25, -0.2) is 0 Å². The van der Waals surface area contributed by atoms with Crippen molar-refractivity contribution in [1.29, 1.82) is 0 Å². The van der Waals surface area contributed by atoms with Gasteiger partial charge in [-0.1, -0.05) is 42.0 Å². The third kappa shape index (κ3) is 3.06. The lowest BCUT2D eigenvalue weighted by Gasteiger charge is -2.28. The molecule has 1 amide bonds. The molecule has 1 aliphatic heterocycles. The fourth-order valence-electron chi connectivity index (χ4n) is 2.43. The van der Waals surface area contributed by atoms with Crippen molar-refractivity contribution in [3.05, 3.63) is 59.7 Å². The number of benzene rings is 2. The number of fused-ring (bicyclic) bond motifs is 1. The first-order chi connectivity index (χ1) is 10.6. The van der Waals surface area contributed by atoms with Crippen LogP contribution in [-0.4, -0.2) is 30.6 Å². The summed E-state index contributed by atoms with van der Waals surface area (Å²) in [5.41, 5.74) is 2.30. The SMILES string of the molecule is Cc1ccc(CN(C)C(=O)C2COc3ccccc3O2)cc1. The van der Waals surface area contributed by atoms with Gasteiger partial charge in [-0.2, -0.15) is 0 Å². The van der Waals surface area contributed by atoms with Crippen LogP contribution in [0.4, 0.5) is 0 Å². The third-order valence-corrected chi connectivity index (χ3v) is 3.70. The Morgan fingerprint density at radius 2 is 1.82 bits per heavy atom. The van der Waals surface area contributed by atoms with Gasteiger partial charge in [0.15, 0.2) is 11.5 Å². The summed E-state index contributed by atoms with van der Waals surface area (Å²) in [4.78, 5) is 14.2. The standard InChI is InChI=1S/C18H19NO3/c1-13-7-9-14(10-8-13)11-19(2)18(20)17-12-21-15-5-3-4-6-16(15)22-17/h3-10,17H,11-12H2,1-2H3. The van der Waals surface area contributed by atoms with Crippen molar-refractivity contribution < 1.29 is 14.3 Å². The molecule has 22 heavy (non-hydrogen) atoms. The Morgan fingerprint density at radius 3 is 2.55 bits per heavy atom. The smallest absolute Gasteiger partial charge is 0.267 e. The van der Waals surface area contributed by atoms with E-state index in [-0.39, 0.29) is 12.5 Å². The van der Waals surface area contributed by atoms with Crippen molar-refractivity contribution in [3.8, 4) is 11.5 Å². The molecule has 1 atom stereocenters. The highest BCUT2D eigenvalue weighted by atomic mass is 16.6. The number of likely N-dealkylation sites (N-methyl/N-ethyl adjacent to an activating group) is 1. The molecule has 4 heteroatoms. The largest absolute Gasteiger partial charge is 0.485 e. The van der Waals surface area contributed by atoms with Crippen LogP contribution in [-0.2, 0) is 11.3 Å². The molecule has 1 aliphatic rings.